The first-order valence-electron chi connectivity index (χ1n) is 15.5. The van der Waals surface area contributed by atoms with Crippen molar-refractivity contribution < 1.29 is 0 Å². The zero-order valence-corrected chi connectivity index (χ0v) is 24.4. The predicted molar refractivity (Wildman–Crippen MR) is 191 cm³/mol. The van der Waals surface area contributed by atoms with Crippen LogP contribution in [0, 0.1) is 0 Å². The molecule has 0 N–H and O–H groups in total. The second kappa shape index (κ2) is 9.25. The summed E-state index contributed by atoms with van der Waals surface area (Å²) in [6.45, 7) is 0. The number of benzene rings is 8. The molecule has 0 bridgehead atoms. The molecule has 0 spiro atoms. The summed E-state index contributed by atoms with van der Waals surface area (Å²) >= 11 is 0. The molecule has 0 aliphatic carbocycles. The summed E-state index contributed by atoms with van der Waals surface area (Å²) in [6.07, 6.45) is 0. The molecule has 2 aromatic heterocycles. The van der Waals surface area contributed by atoms with Crippen LogP contribution in [-0.4, -0.2) is 9.38 Å². The lowest BCUT2D eigenvalue weighted by atomic mass is 9.92. The van der Waals surface area contributed by atoms with Crippen molar-refractivity contribution in [2.45, 2.75) is 0 Å². The molecule has 0 saturated heterocycles. The molecular weight excluding hydrogens is 544 g/mol. The van der Waals surface area contributed by atoms with E-state index < -0.39 is 0 Å². The van der Waals surface area contributed by atoms with Gasteiger partial charge in [-0.05, 0) is 91.0 Å². The number of nitrogens with zero attached hydrogens (tertiary/aromatic N) is 2. The van der Waals surface area contributed by atoms with Gasteiger partial charge in [0.25, 0.3) is 0 Å². The molecule has 2 heterocycles. The van der Waals surface area contributed by atoms with Gasteiger partial charge in [0, 0.05) is 16.2 Å². The van der Waals surface area contributed by atoms with Gasteiger partial charge in [-0.3, -0.25) is 4.40 Å². The van der Waals surface area contributed by atoms with Gasteiger partial charge in [0.1, 0.15) is 5.65 Å². The molecule has 0 aliphatic rings. The maximum Gasteiger partial charge on any atom is 0.146 e. The topological polar surface area (TPSA) is 17.3 Å². The van der Waals surface area contributed by atoms with Crippen molar-refractivity contribution in [3.63, 3.8) is 0 Å². The second-order valence-electron chi connectivity index (χ2n) is 12.0. The normalized spacial score (nSPS) is 12.0. The Labute approximate surface area is 259 Å². The SMILES string of the molecule is c1ccc2c(c1)cc(-c1ccc(-c3ccc4c(c3)c3c5ccccc5ccc3c3nc5ccccc5n43)cc1)c1ccccc12. The lowest BCUT2D eigenvalue weighted by Gasteiger charge is -2.14. The van der Waals surface area contributed by atoms with Crippen molar-refractivity contribution in [2.24, 2.45) is 0 Å². The van der Waals surface area contributed by atoms with Crippen LogP contribution in [-0.2, 0) is 0 Å². The van der Waals surface area contributed by atoms with Crippen LogP contribution in [0.4, 0.5) is 0 Å². The van der Waals surface area contributed by atoms with Crippen LogP contribution < -0.4 is 0 Å². The Morgan fingerprint density at radius 3 is 1.91 bits per heavy atom. The monoisotopic (exact) mass is 570 g/mol. The molecule has 0 saturated carbocycles. The van der Waals surface area contributed by atoms with E-state index in [1.807, 2.05) is 0 Å². The zero-order chi connectivity index (χ0) is 29.5. The summed E-state index contributed by atoms with van der Waals surface area (Å²) in [7, 11) is 0. The highest BCUT2D eigenvalue weighted by molar-refractivity contribution is 6.24. The molecule has 0 aliphatic heterocycles. The Balaban J connectivity index is 1.20. The standard InChI is InChI=1S/C43H26N2/c1-4-12-33-28(9-1)21-23-36-42(33)38-25-30(22-24-40(38)45-41-16-8-7-15-39(41)44-43(36)45)27-17-19-29(20-18-27)37-26-31-10-2-3-11-32(31)34-13-5-6-14-35(34)37/h1-26H. The van der Waals surface area contributed by atoms with Crippen molar-refractivity contribution in [3.05, 3.63) is 158 Å². The first kappa shape index (κ1) is 24.5. The highest BCUT2D eigenvalue weighted by Gasteiger charge is 2.16. The first-order valence-corrected chi connectivity index (χ1v) is 15.5. The highest BCUT2D eigenvalue weighted by Crippen LogP contribution is 2.39. The molecule has 8 aromatic carbocycles. The van der Waals surface area contributed by atoms with Crippen LogP contribution >= 0.6 is 0 Å². The number of aromatic nitrogens is 2. The number of imidazole rings is 1. The van der Waals surface area contributed by atoms with Crippen LogP contribution in [0.3, 0.4) is 0 Å². The average Bonchev–Trinajstić information content (AvgIpc) is 3.51. The fraction of sp³-hybridized carbons (Fsp3) is 0. The second-order valence-corrected chi connectivity index (χ2v) is 12.0. The molecule has 45 heavy (non-hydrogen) atoms. The Kier molecular flexibility index (Phi) is 5.03. The third-order valence-corrected chi connectivity index (χ3v) is 9.53. The lowest BCUT2D eigenvalue weighted by Crippen LogP contribution is -1.93. The number of para-hydroxylation sites is 2. The van der Waals surface area contributed by atoms with E-state index in [-0.39, 0.29) is 0 Å². The van der Waals surface area contributed by atoms with E-state index in [9.17, 15) is 0 Å². The third kappa shape index (κ3) is 3.54. The highest BCUT2D eigenvalue weighted by atomic mass is 15.0. The number of hydrogen-bond donors (Lipinski definition) is 0. The van der Waals surface area contributed by atoms with Crippen molar-refractivity contribution in [1.82, 2.24) is 9.38 Å². The molecule has 2 heteroatoms. The maximum absolute atomic E-state index is 5.12. The van der Waals surface area contributed by atoms with Crippen LogP contribution in [0.5, 0.6) is 0 Å². The molecular formula is C43H26N2. The molecule has 0 atom stereocenters. The van der Waals surface area contributed by atoms with Crippen LogP contribution in [0.25, 0.3) is 92.9 Å². The van der Waals surface area contributed by atoms with Crippen molar-refractivity contribution in [2.75, 3.05) is 0 Å². The van der Waals surface area contributed by atoms with E-state index in [0.29, 0.717) is 0 Å². The summed E-state index contributed by atoms with van der Waals surface area (Å²) in [5.74, 6) is 0. The summed E-state index contributed by atoms with van der Waals surface area (Å²) in [4.78, 5) is 5.12. The van der Waals surface area contributed by atoms with Gasteiger partial charge in [-0.2, -0.15) is 0 Å². The molecule has 10 rings (SSSR count). The van der Waals surface area contributed by atoms with Crippen LogP contribution in [0.15, 0.2) is 158 Å². The molecule has 0 unspecified atom stereocenters. The minimum atomic E-state index is 1.00. The zero-order valence-electron chi connectivity index (χ0n) is 24.4. The quantitative estimate of drug-likeness (QED) is 0.189. The minimum Gasteiger partial charge on any atom is -0.292 e. The Morgan fingerprint density at radius 1 is 0.378 bits per heavy atom. The Morgan fingerprint density at radius 2 is 1.04 bits per heavy atom. The lowest BCUT2D eigenvalue weighted by molar-refractivity contribution is 1.32. The fourth-order valence-corrected chi connectivity index (χ4v) is 7.44. The van der Waals surface area contributed by atoms with Crippen molar-refractivity contribution in [1.29, 1.82) is 0 Å². The molecule has 2 nitrogen and oxygen atoms in total. The van der Waals surface area contributed by atoms with E-state index >= 15 is 0 Å². The van der Waals surface area contributed by atoms with E-state index in [1.54, 1.807) is 0 Å². The van der Waals surface area contributed by atoms with Crippen LogP contribution in [0.2, 0.25) is 0 Å². The van der Waals surface area contributed by atoms with Crippen LogP contribution in [0.1, 0.15) is 0 Å². The number of pyridine rings is 1. The third-order valence-electron chi connectivity index (χ3n) is 9.53. The van der Waals surface area contributed by atoms with E-state index in [2.05, 4.69) is 162 Å². The van der Waals surface area contributed by atoms with Gasteiger partial charge in [0.15, 0.2) is 0 Å². The molecule has 208 valence electrons. The van der Waals surface area contributed by atoms with Crippen molar-refractivity contribution in [3.8, 4) is 22.3 Å². The van der Waals surface area contributed by atoms with Gasteiger partial charge in [-0.25, -0.2) is 4.98 Å². The van der Waals surface area contributed by atoms with Gasteiger partial charge in [0.05, 0.1) is 16.6 Å². The molecule has 0 radical (unpaired) electrons. The molecule has 0 fully saturated rings. The number of rotatable bonds is 2. The van der Waals surface area contributed by atoms with Crippen molar-refractivity contribution >= 4 is 70.7 Å². The van der Waals surface area contributed by atoms with Gasteiger partial charge < -0.3 is 0 Å². The van der Waals surface area contributed by atoms with E-state index in [0.717, 1.165) is 16.7 Å². The minimum absolute atomic E-state index is 1.00. The largest absolute Gasteiger partial charge is 0.292 e. The van der Waals surface area contributed by atoms with E-state index in [1.165, 1.54) is 76.2 Å². The first-order chi connectivity index (χ1) is 22.3. The maximum atomic E-state index is 5.12. The summed E-state index contributed by atoms with van der Waals surface area (Å²) < 4.78 is 2.33. The number of hydrogen-bond acceptors (Lipinski definition) is 1. The number of fused-ring (bicyclic) bond motifs is 13. The fourth-order valence-electron chi connectivity index (χ4n) is 7.44. The summed E-state index contributed by atoms with van der Waals surface area (Å²) in [5.41, 5.74) is 9.22. The Bertz CT molecular complexity index is 2800. The smallest absolute Gasteiger partial charge is 0.146 e. The van der Waals surface area contributed by atoms with E-state index in [4.69, 9.17) is 4.98 Å². The van der Waals surface area contributed by atoms with Gasteiger partial charge in [-0.1, -0.05) is 121 Å². The molecule has 0 amide bonds. The van der Waals surface area contributed by atoms with Gasteiger partial charge in [0.2, 0.25) is 0 Å². The summed E-state index contributed by atoms with van der Waals surface area (Å²) in [5, 5.41) is 11.3. The predicted octanol–water partition coefficient (Wildman–Crippen LogP) is 11.6. The average molecular weight is 571 g/mol. The van der Waals surface area contributed by atoms with Gasteiger partial charge >= 0.3 is 0 Å². The Hall–Kier alpha value is -5.99. The van der Waals surface area contributed by atoms with Gasteiger partial charge in [-0.15, -0.1) is 0 Å². The summed E-state index contributed by atoms with van der Waals surface area (Å²) in [6, 6.07) is 57.4. The molecule has 10 aromatic rings.